The van der Waals surface area contributed by atoms with Gasteiger partial charge in [-0.05, 0) is 102 Å². The third kappa shape index (κ3) is 7.09. The summed E-state index contributed by atoms with van der Waals surface area (Å²) < 4.78 is 14.5. The Balaban J connectivity index is 1.67. The Morgan fingerprint density at radius 2 is 1.80 bits per heavy atom. The van der Waals surface area contributed by atoms with E-state index in [2.05, 4.69) is 32.2 Å². The molecule has 8 nitrogen and oxygen atoms in total. The molecule has 0 aliphatic heterocycles. The first-order chi connectivity index (χ1) is 19.1. The second-order valence-corrected chi connectivity index (χ2v) is 11.9. The third-order valence-electron chi connectivity index (χ3n) is 6.18. The minimum atomic E-state index is -0.580. The summed E-state index contributed by atoms with van der Waals surface area (Å²) in [5.41, 5.74) is 4.71. The largest absolute Gasteiger partial charge is 0.490 e. The topological polar surface area (TPSA) is 92.3 Å². The Hall–Kier alpha value is -2.79. The second kappa shape index (κ2) is 13.2. The minimum Gasteiger partial charge on any atom is -0.490 e. The van der Waals surface area contributed by atoms with E-state index < -0.39 is 5.25 Å². The molecule has 210 valence electrons. The maximum atomic E-state index is 11.8. The first-order valence-corrected chi connectivity index (χ1v) is 14.8. The molecule has 0 amide bonds. The van der Waals surface area contributed by atoms with Crippen molar-refractivity contribution in [2.75, 3.05) is 13.2 Å². The lowest BCUT2D eigenvalue weighted by Gasteiger charge is -2.19. The van der Waals surface area contributed by atoms with Gasteiger partial charge in [0.1, 0.15) is 17.7 Å². The highest BCUT2D eigenvalue weighted by molar-refractivity contribution is 9.10. The molecule has 0 bridgehead atoms. The van der Waals surface area contributed by atoms with Gasteiger partial charge in [0.15, 0.2) is 16.7 Å². The highest BCUT2D eigenvalue weighted by Crippen LogP contribution is 2.43. The van der Waals surface area contributed by atoms with Crippen LogP contribution in [0.1, 0.15) is 40.3 Å². The van der Waals surface area contributed by atoms with Crippen molar-refractivity contribution in [2.24, 2.45) is 0 Å². The molecule has 0 radical (unpaired) electrons. The third-order valence-corrected chi connectivity index (χ3v) is 8.69. The molecular weight excluding hydrogens is 639 g/mol. The van der Waals surface area contributed by atoms with Crippen molar-refractivity contribution in [3.63, 3.8) is 0 Å². The van der Waals surface area contributed by atoms with Gasteiger partial charge in [-0.15, -0.1) is 10.2 Å². The van der Waals surface area contributed by atoms with Gasteiger partial charge in [0.2, 0.25) is 6.54 Å². The van der Waals surface area contributed by atoms with Gasteiger partial charge < -0.3 is 9.47 Å². The van der Waals surface area contributed by atoms with Crippen molar-refractivity contribution < 1.29 is 14.4 Å². The van der Waals surface area contributed by atoms with Crippen LogP contribution in [0.25, 0.3) is 5.69 Å². The summed E-state index contributed by atoms with van der Waals surface area (Å²) in [4.78, 5) is 11.4. The zero-order valence-electron chi connectivity index (χ0n) is 22.3. The Labute approximate surface area is 255 Å². The van der Waals surface area contributed by atoms with Crippen LogP contribution >= 0.6 is 50.9 Å². The van der Waals surface area contributed by atoms with E-state index in [-0.39, 0.29) is 18.1 Å². The number of ether oxygens (including phenoxy) is 2. The molecule has 1 aromatic heterocycles. The van der Waals surface area contributed by atoms with Crippen LogP contribution in [0.15, 0.2) is 58.2 Å². The first kappa shape index (κ1) is 30.2. The van der Waals surface area contributed by atoms with E-state index in [1.54, 1.807) is 18.2 Å². The summed E-state index contributed by atoms with van der Waals surface area (Å²) in [6.07, 6.45) is 0. The number of halogens is 3. The Morgan fingerprint density at radius 1 is 1.02 bits per heavy atom. The molecule has 0 aliphatic carbocycles. The molecule has 4 aromatic rings. The maximum absolute atomic E-state index is 11.8. The fourth-order valence-corrected chi connectivity index (χ4v) is 6.07. The highest BCUT2D eigenvalue weighted by atomic mass is 79.9. The van der Waals surface area contributed by atoms with E-state index >= 15 is 0 Å². The summed E-state index contributed by atoms with van der Waals surface area (Å²) >= 11 is 17.1. The first-order valence-electron chi connectivity index (χ1n) is 12.4. The van der Waals surface area contributed by atoms with Crippen LogP contribution in [0.2, 0.25) is 10.0 Å². The van der Waals surface area contributed by atoms with Crippen LogP contribution in [0.3, 0.4) is 0 Å². The summed E-state index contributed by atoms with van der Waals surface area (Å²) in [6.45, 7) is 8.09. The maximum Gasteiger partial charge on any atom is 0.220 e. The number of nitrogens with zero attached hydrogens (tertiary/aromatic N) is 4. The average molecular weight is 666 g/mol. The van der Waals surface area contributed by atoms with Crippen LogP contribution in [-0.4, -0.2) is 32.8 Å². The smallest absolute Gasteiger partial charge is 0.220 e. The van der Waals surface area contributed by atoms with Crippen LogP contribution in [-0.2, 0) is 6.61 Å². The monoisotopic (exact) mass is 664 g/mol. The molecule has 4 rings (SSSR count). The summed E-state index contributed by atoms with van der Waals surface area (Å²) in [5.74, 6) is 1.64. The molecule has 0 aliphatic rings. The number of aryl methyl sites for hydroxylation is 3. The summed E-state index contributed by atoms with van der Waals surface area (Å²) in [5, 5.41) is 21.2. The summed E-state index contributed by atoms with van der Waals surface area (Å²) in [7, 11) is 0. The van der Waals surface area contributed by atoms with Gasteiger partial charge in [0, 0.05) is 10.6 Å². The molecule has 1 atom stereocenters. The van der Waals surface area contributed by atoms with Crippen LogP contribution in [0, 0.1) is 30.9 Å². The van der Waals surface area contributed by atoms with Crippen molar-refractivity contribution in [3.8, 4) is 17.2 Å². The van der Waals surface area contributed by atoms with Crippen molar-refractivity contribution in [1.82, 2.24) is 14.8 Å². The molecule has 0 spiro atoms. The van der Waals surface area contributed by atoms with Gasteiger partial charge in [-0.1, -0.05) is 47.1 Å². The minimum absolute atomic E-state index is 0.223. The lowest BCUT2D eigenvalue weighted by molar-refractivity contribution is -0.479. The van der Waals surface area contributed by atoms with Crippen LogP contribution < -0.4 is 9.47 Å². The molecular formula is C28H27BrCl2N4O4S. The van der Waals surface area contributed by atoms with Gasteiger partial charge in [-0.25, -0.2) is 0 Å². The van der Waals surface area contributed by atoms with E-state index in [4.69, 9.17) is 32.7 Å². The molecule has 3 aromatic carbocycles. The molecule has 40 heavy (non-hydrogen) atoms. The molecule has 0 unspecified atom stereocenters. The quantitative estimate of drug-likeness (QED) is 0.0903. The summed E-state index contributed by atoms with van der Waals surface area (Å²) in [6, 6.07) is 15.0. The second-order valence-electron chi connectivity index (χ2n) is 9.06. The lowest BCUT2D eigenvalue weighted by Crippen LogP contribution is -2.12. The number of nitro groups is 1. The highest BCUT2D eigenvalue weighted by Gasteiger charge is 2.26. The number of hydrogen-bond acceptors (Lipinski definition) is 7. The van der Waals surface area contributed by atoms with Crippen molar-refractivity contribution in [1.29, 1.82) is 0 Å². The molecule has 12 heteroatoms. The van der Waals surface area contributed by atoms with Crippen molar-refractivity contribution >= 4 is 50.9 Å². The zero-order valence-corrected chi connectivity index (χ0v) is 26.2. The zero-order chi connectivity index (χ0) is 29.0. The number of aromatic nitrogens is 3. The van der Waals surface area contributed by atoms with Crippen molar-refractivity contribution in [2.45, 2.75) is 44.7 Å². The van der Waals surface area contributed by atoms with Crippen LogP contribution in [0.5, 0.6) is 11.5 Å². The molecule has 0 saturated heterocycles. The lowest BCUT2D eigenvalue weighted by atomic mass is 10.1. The van der Waals surface area contributed by atoms with Crippen LogP contribution in [0.4, 0.5) is 0 Å². The fraction of sp³-hybridized carbons (Fsp3) is 0.286. The molecule has 1 heterocycles. The van der Waals surface area contributed by atoms with Gasteiger partial charge in [0.05, 0.1) is 21.1 Å². The van der Waals surface area contributed by atoms with E-state index in [1.165, 1.54) is 17.3 Å². The van der Waals surface area contributed by atoms with E-state index in [0.29, 0.717) is 49.2 Å². The van der Waals surface area contributed by atoms with Crippen molar-refractivity contribution in [3.05, 3.63) is 101 Å². The number of thioether (sulfide) groups is 1. The Morgan fingerprint density at radius 3 is 2.48 bits per heavy atom. The van der Waals surface area contributed by atoms with Gasteiger partial charge in [-0.3, -0.25) is 14.7 Å². The standard InChI is InChI=1S/C28H27BrCl2N4O4S/c1-5-38-25-13-20(12-22(29)27(25)39-15-19-7-9-23(30)24(31)11-19)26(14-34(36)37)40-28-33-32-18(4)35(28)21-8-6-16(2)17(3)10-21/h6-13,26H,5,14-15H2,1-4H3/t26-/m0/s1. The normalized spacial score (nSPS) is 11.9. The SMILES string of the molecule is CCOc1cc([C@H](C[N+](=O)[O-])Sc2nnc(C)n2-c2ccc(C)c(C)c2)cc(Br)c1OCc1ccc(Cl)c(Cl)c1. The predicted octanol–water partition coefficient (Wildman–Crippen LogP) is 8.35. The van der Waals surface area contributed by atoms with Gasteiger partial charge in [-0.2, -0.15) is 0 Å². The molecule has 0 fully saturated rings. The predicted molar refractivity (Wildman–Crippen MR) is 162 cm³/mol. The van der Waals surface area contributed by atoms with Gasteiger partial charge >= 0.3 is 0 Å². The fourth-order valence-electron chi connectivity index (χ4n) is 4.02. The molecule has 0 N–H and O–H groups in total. The van der Waals surface area contributed by atoms with E-state index in [0.717, 1.165) is 16.8 Å². The van der Waals surface area contributed by atoms with Gasteiger partial charge in [0.25, 0.3) is 0 Å². The van der Waals surface area contributed by atoms with E-state index in [1.807, 2.05) is 56.5 Å². The van der Waals surface area contributed by atoms with E-state index in [9.17, 15) is 10.1 Å². The Kier molecular flexibility index (Phi) is 9.99. The number of rotatable bonds is 11. The Bertz CT molecular complexity index is 1550. The number of benzene rings is 3. The molecule has 0 saturated carbocycles. The average Bonchev–Trinajstić information content (AvgIpc) is 3.26. The number of hydrogen-bond donors (Lipinski definition) is 0.